The number of halogens is 1. The molecule has 0 aliphatic heterocycles. The summed E-state index contributed by atoms with van der Waals surface area (Å²) in [6.45, 7) is 0. The number of hydrogen-bond donors (Lipinski definition) is 1. The Morgan fingerprint density at radius 3 is 2.61 bits per heavy atom. The highest BCUT2D eigenvalue weighted by Crippen LogP contribution is 2.22. The molecule has 88 valence electrons. The fourth-order valence-corrected chi connectivity index (χ4v) is 2.11. The van der Waals surface area contributed by atoms with Crippen molar-refractivity contribution in [2.45, 2.75) is 0 Å². The molecule has 0 unspecified atom stereocenters. The summed E-state index contributed by atoms with van der Waals surface area (Å²) in [5, 5.41) is 0. The van der Waals surface area contributed by atoms with Crippen LogP contribution < -0.4 is 0 Å². The minimum Gasteiger partial charge on any atom is -0.338 e. The SMILES string of the molecule is O=Cc1ccc2nc(-c3ccc(Br)cc3)[nH]c2c1. The monoisotopic (exact) mass is 300 g/mol. The van der Waals surface area contributed by atoms with Gasteiger partial charge in [-0.25, -0.2) is 4.98 Å². The van der Waals surface area contributed by atoms with Crippen LogP contribution in [0.2, 0.25) is 0 Å². The number of imidazole rings is 1. The number of rotatable bonds is 2. The minimum absolute atomic E-state index is 0.647. The molecule has 0 radical (unpaired) electrons. The van der Waals surface area contributed by atoms with Crippen LogP contribution in [0, 0.1) is 0 Å². The smallest absolute Gasteiger partial charge is 0.150 e. The Hall–Kier alpha value is -1.94. The van der Waals surface area contributed by atoms with Crippen LogP contribution in [0.15, 0.2) is 46.9 Å². The molecule has 18 heavy (non-hydrogen) atoms. The van der Waals surface area contributed by atoms with E-state index in [-0.39, 0.29) is 0 Å². The van der Waals surface area contributed by atoms with Crippen molar-refractivity contribution in [2.24, 2.45) is 0 Å². The van der Waals surface area contributed by atoms with E-state index in [0.29, 0.717) is 5.56 Å². The second kappa shape index (κ2) is 4.38. The van der Waals surface area contributed by atoms with E-state index in [4.69, 9.17) is 0 Å². The van der Waals surface area contributed by atoms with Gasteiger partial charge in [0.1, 0.15) is 12.1 Å². The van der Waals surface area contributed by atoms with E-state index in [9.17, 15) is 4.79 Å². The van der Waals surface area contributed by atoms with Crippen molar-refractivity contribution in [2.75, 3.05) is 0 Å². The van der Waals surface area contributed by atoms with Gasteiger partial charge in [0.05, 0.1) is 11.0 Å². The molecular formula is C14H9BrN2O. The van der Waals surface area contributed by atoms with Crippen molar-refractivity contribution >= 4 is 33.2 Å². The molecule has 3 aromatic rings. The number of benzene rings is 2. The number of aldehydes is 1. The van der Waals surface area contributed by atoms with Crippen LogP contribution in [0.3, 0.4) is 0 Å². The molecule has 0 aliphatic rings. The van der Waals surface area contributed by atoms with Crippen molar-refractivity contribution in [1.82, 2.24) is 9.97 Å². The van der Waals surface area contributed by atoms with Crippen LogP contribution in [0.4, 0.5) is 0 Å². The third-order valence-electron chi connectivity index (χ3n) is 2.76. The third-order valence-corrected chi connectivity index (χ3v) is 3.29. The maximum atomic E-state index is 10.7. The molecule has 4 heteroatoms. The van der Waals surface area contributed by atoms with Gasteiger partial charge in [0.15, 0.2) is 0 Å². The number of nitrogens with zero attached hydrogens (tertiary/aromatic N) is 1. The van der Waals surface area contributed by atoms with Gasteiger partial charge in [-0.15, -0.1) is 0 Å². The van der Waals surface area contributed by atoms with E-state index in [1.807, 2.05) is 30.3 Å². The van der Waals surface area contributed by atoms with Crippen molar-refractivity contribution in [1.29, 1.82) is 0 Å². The third kappa shape index (κ3) is 1.95. The zero-order chi connectivity index (χ0) is 12.5. The van der Waals surface area contributed by atoms with Gasteiger partial charge in [-0.05, 0) is 30.3 Å². The van der Waals surface area contributed by atoms with E-state index in [2.05, 4.69) is 25.9 Å². The molecule has 0 aliphatic carbocycles. The lowest BCUT2D eigenvalue weighted by atomic mass is 10.2. The van der Waals surface area contributed by atoms with Gasteiger partial charge in [0.2, 0.25) is 0 Å². The lowest BCUT2D eigenvalue weighted by molar-refractivity contribution is 0.112. The summed E-state index contributed by atoms with van der Waals surface area (Å²) in [5.41, 5.74) is 3.39. The number of carbonyl (C=O) groups is 1. The predicted octanol–water partition coefficient (Wildman–Crippen LogP) is 3.80. The van der Waals surface area contributed by atoms with Gasteiger partial charge in [-0.2, -0.15) is 0 Å². The summed E-state index contributed by atoms with van der Waals surface area (Å²) < 4.78 is 1.03. The van der Waals surface area contributed by atoms with E-state index < -0.39 is 0 Å². The number of carbonyl (C=O) groups excluding carboxylic acids is 1. The van der Waals surface area contributed by atoms with Crippen LogP contribution in [-0.4, -0.2) is 16.3 Å². The molecule has 0 saturated carbocycles. The predicted molar refractivity (Wildman–Crippen MR) is 74.6 cm³/mol. The normalized spacial score (nSPS) is 10.7. The summed E-state index contributed by atoms with van der Waals surface area (Å²) in [6.07, 6.45) is 0.833. The van der Waals surface area contributed by atoms with Gasteiger partial charge in [0.25, 0.3) is 0 Å². The summed E-state index contributed by atoms with van der Waals surface area (Å²) in [7, 11) is 0. The molecule has 0 amide bonds. The number of nitrogens with one attached hydrogen (secondary N) is 1. The average molecular weight is 301 g/mol. The van der Waals surface area contributed by atoms with Gasteiger partial charge < -0.3 is 4.98 Å². The van der Waals surface area contributed by atoms with Gasteiger partial charge in [-0.3, -0.25) is 4.79 Å². The Balaban J connectivity index is 2.12. The minimum atomic E-state index is 0.647. The Kier molecular flexibility index (Phi) is 2.72. The summed E-state index contributed by atoms with van der Waals surface area (Å²) in [5.74, 6) is 0.806. The van der Waals surface area contributed by atoms with E-state index in [1.54, 1.807) is 12.1 Å². The van der Waals surface area contributed by atoms with Gasteiger partial charge >= 0.3 is 0 Å². The first-order valence-corrected chi connectivity index (χ1v) is 6.26. The Labute approximate surface area is 112 Å². The maximum Gasteiger partial charge on any atom is 0.150 e. The molecular weight excluding hydrogens is 292 g/mol. The van der Waals surface area contributed by atoms with Crippen molar-refractivity contribution in [3.05, 3.63) is 52.5 Å². The summed E-state index contributed by atoms with van der Waals surface area (Å²) in [6, 6.07) is 13.3. The van der Waals surface area contributed by atoms with Gasteiger partial charge in [-0.1, -0.05) is 28.1 Å². The molecule has 3 rings (SSSR count). The van der Waals surface area contributed by atoms with Gasteiger partial charge in [0, 0.05) is 15.6 Å². The highest BCUT2D eigenvalue weighted by molar-refractivity contribution is 9.10. The second-order valence-corrected chi connectivity index (χ2v) is 4.90. The van der Waals surface area contributed by atoms with Crippen molar-refractivity contribution < 1.29 is 4.79 Å². The number of H-pyrrole nitrogens is 1. The fourth-order valence-electron chi connectivity index (χ4n) is 1.85. The molecule has 0 bridgehead atoms. The quantitative estimate of drug-likeness (QED) is 0.732. The lowest BCUT2D eigenvalue weighted by Gasteiger charge is -1.95. The highest BCUT2D eigenvalue weighted by atomic mass is 79.9. The number of fused-ring (bicyclic) bond motifs is 1. The van der Waals surface area contributed by atoms with Crippen molar-refractivity contribution in [3.63, 3.8) is 0 Å². The second-order valence-electron chi connectivity index (χ2n) is 3.99. The standard InChI is InChI=1S/C14H9BrN2O/c15-11-4-2-10(3-5-11)14-16-12-6-1-9(8-18)7-13(12)17-14/h1-8H,(H,16,17). The Bertz CT molecular complexity index is 716. The van der Waals surface area contributed by atoms with Crippen LogP contribution in [0.25, 0.3) is 22.4 Å². The van der Waals surface area contributed by atoms with Crippen LogP contribution in [0.1, 0.15) is 10.4 Å². The highest BCUT2D eigenvalue weighted by Gasteiger charge is 2.05. The fraction of sp³-hybridized carbons (Fsp3) is 0. The number of hydrogen-bond acceptors (Lipinski definition) is 2. The van der Waals surface area contributed by atoms with E-state index >= 15 is 0 Å². The molecule has 0 fully saturated rings. The van der Waals surface area contributed by atoms with Crippen molar-refractivity contribution in [3.8, 4) is 11.4 Å². The zero-order valence-electron chi connectivity index (χ0n) is 9.35. The molecule has 0 atom stereocenters. The van der Waals surface area contributed by atoms with E-state index in [1.165, 1.54) is 0 Å². The first-order chi connectivity index (χ1) is 8.76. The molecule has 3 nitrogen and oxygen atoms in total. The molecule has 2 aromatic carbocycles. The molecule has 0 saturated heterocycles. The maximum absolute atomic E-state index is 10.7. The van der Waals surface area contributed by atoms with Crippen LogP contribution in [0.5, 0.6) is 0 Å². The van der Waals surface area contributed by atoms with Crippen LogP contribution in [-0.2, 0) is 0 Å². The van der Waals surface area contributed by atoms with E-state index in [0.717, 1.165) is 33.2 Å². The molecule has 1 aromatic heterocycles. The average Bonchev–Trinajstić information content (AvgIpc) is 2.82. The first-order valence-electron chi connectivity index (χ1n) is 5.47. The number of aromatic nitrogens is 2. The first kappa shape index (κ1) is 11.2. The topological polar surface area (TPSA) is 45.8 Å². The largest absolute Gasteiger partial charge is 0.338 e. The summed E-state index contributed by atoms with van der Waals surface area (Å²) in [4.78, 5) is 18.4. The zero-order valence-corrected chi connectivity index (χ0v) is 10.9. The van der Waals surface area contributed by atoms with Crippen LogP contribution >= 0.6 is 15.9 Å². The molecule has 1 N–H and O–H groups in total. The summed E-state index contributed by atoms with van der Waals surface area (Å²) >= 11 is 3.40. The lowest BCUT2D eigenvalue weighted by Crippen LogP contribution is -1.79. The number of aromatic amines is 1. The Morgan fingerprint density at radius 2 is 1.89 bits per heavy atom. The Morgan fingerprint density at radius 1 is 1.11 bits per heavy atom. The molecule has 0 spiro atoms. The molecule has 1 heterocycles.